The van der Waals surface area contributed by atoms with Crippen LogP contribution in [0.25, 0.3) is 0 Å². The van der Waals surface area contributed by atoms with Gasteiger partial charge in [0, 0.05) is 5.56 Å². The number of hydrogen-bond acceptors (Lipinski definition) is 3. The van der Waals surface area contributed by atoms with Gasteiger partial charge in [-0.25, -0.2) is 17.5 Å². The summed E-state index contributed by atoms with van der Waals surface area (Å²) in [5.74, 6) is -0.757. The molecule has 7 heteroatoms. The lowest BCUT2D eigenvalue weighted by atomic mass is 10.1. The van der Waals surface area contributed by atoms with Crippen molar-refractivity contribution in [3.63, 3.8) is 0 Å². The molecule has 1 atom stereocenters. The molecule has 0 fully saturated rings. The molecule has 0 aliphatic heterocycles. The zero-order valence-corrected chi connectivity index (χ0v) is 13.5. The van der Waals surface area contributed by atoms with Crippen molar-refractivity contribution < 1.29 is 17.6 Å². The van der Waals surface area contributed by atoms with Crippen LogP contribution in [-0.2, 0) is 10.0 Å². The number of hydrogen-bond donors (Lipinski definition) is 2. The maximum atomic E-state index is 12.9. The average molecular weight is 336 g/mol. The maximum absolute atomic E-state index is 12.9. The summed E-state index contributed by atoms with van der Waals surface area (Å²) in [6, 6.07) is 11.2. The number of benzene rings is 2. The van der Waals surface area contributed by atoms with Gasteiger partial charge in [0.15, 0.2) is 0 Å². The van der Waals surface area contributed by atoms with Crippen molar-refractivity contribution in [1.82, 2.24) is 10.0 Å². The Kier molecular flexibility index (Phi) is 5.12. The molecule has 23 heavy (non-hydrogen) atoms. The van der Waals surface area contributed by atoms with Crippen molar-refractivity contribution in [3.8, 4) is 0 Å². The fourth-order valence-corrected chi connectivity index (χ4v) is 2.81. The van der Waals surface area contributed by atoms with Crippen LogP contribution in [-0.4, -0.2) is 21.4 Å². The van der Waals surface area contributed by atoms with E-state index in [4.69, 9.17) is 0 Å². The summed E-state index contributed by atoms with van der Waals surface area (Å²) >= 11 is 0. The molecule has 5 nitrogen and oxygen atoms in total. The maximum Gasteiger partial charge on any atom is 0.251 e. The Labute approximate surface area is 134 Å². The van der Waals surface area contributed by atoms with Gasteiger partial charge in [-0.05, 0) is 49.9 Å². The largest absolute Gasteiger partial charge is 0.346 e. The average Bonchev–Trinajstić information content (AvgIpc) is 2.55. The first-order valence-electron chi connectivity index (χ1n) is 6.93. The van der Waals surface area contributed by atoms with E-state index in [0.29, 0.717) is 0 Å². The Morgan fingerprint density at radius 2 is 1.78 bits per heavy atom. The number of carbonyl (C=O) groups is 1. The molecule has 0 saturated carbocycles. The molecule has 0 bridgehead atoms. The zero-order valence-electron chi connectivity index (χ0n) is 12.7. The lowest BCUT2D eigenvalue weighted by molar-refractivity contribution is 0.0939. The summed E-state index contributed by atoms with van der Waals surface area (Å²) in [6.45, 7) is 1.76. The van der Waals surface area contributed by atoms with E-state index >= 15 is 0 Å². The van der Waals surface area contributed by atoms with Crippen LogP contribution in [0.2, 0.25) is 0 Å². The highest BCUT2D eigenvalue weighted by molar-refractivity contribution is 7.89. The topological polar surface area (TPSA) is 75.3 Å². The smallest absolute Gasteiger partial charge is 0.251 e. The number of sulfonamides is 1. The molecule has 0 radical (unpaired) electrons. The first kappa shape index (κ1) is 17.1. The van der Waals surface area contributed by atoms with Gasteiger partial charge >= 0.3 is 0 Å². The van der Waals surface area contributed by atoms with E-state index in [1.54, 1.807) is 19.1 Å². The minimum absolute atomic E-state index is 0.0158. The number of amides is 1. The van der Waals surface area contributed by atoms with Crippen LogP contribution in [0.4, 0.5) is 4.39 Å². The van der Waals surface area contributed by atoms with Gasteiger partial charge in [-0.3, -0.25) is 4.79 Å². The Hall–Kier alpha value is -2.25. The molecule has 122 valence electrons. The van der Waals surface area contributed by atoms with Crippen LogP contribution < -0.4 is 10.0 Å². The van der Waals surface area contributed by atoms with Gasteiger partial charge in [0.05, 0.1) is 10.9 Å². The van der Waals surface area contributed by atoms with Gasteiger partial charge in [0.2, 0.25) is 10.0 Å². The van der Waals surface area contributed by atoms with Crippen molar-refractivity contribution in [2.75, 3.05) is 7.05 Å². The second kappa shape index (κ2) is 6.89. The summed E-state index contributed by atoms with van der Waals surface area (Å²) in [6.07, 6.45) is 0. The van der Waals surface area contributed by atoms with Crippen LogP contribution in [0.5, 0.6) is 0 Å². The van der Waals surface area contributed by atoms with Gasteiger partial charge in [0.25, 0.3) is 5.91 Å². The SMILES string of the molecule is CNS(=O)(=O)c1cccc(C(=O)NC(C)c2ccc(F)cc2)c1. The molecule has 0 spiro atoms. The van der Waals surface area contributed by atoms with Gasteiger partial charge < -0.3 is 5.32 Å². The highest BCUT2D eigenvalue weighted by Gasteiger charge is 2.16. The number of rotatable bonds is 5. The molecule has 0 aliphatic rings. The fraction of sp³-hybridized carbons (Fsp3) is 0.188. The van der Waals surface area contributed by atoms with Crippen LogP contribution in [0.3, 0.4) is 0 Å². The number of carbonyl (C=O) groups excluding carboxylic acids is 1. The molecule has 0 aliphatic carbocycles. The highest BCUT2D eigenvalue weighted by Crippen LogP contribution is 2.15. The quantitative estimate of drug-likeness (QED) is 0.879. The van der Waals surface area contributed by atoms with Crippen molar-refractivity contribution in [3.05, 3.63) is 65.5 Å². The first-order chi connectivity index (χ1) is 10.8. The van der Waals surface area contributed by atoms with E-state index in [9.17, 15) is 17.6 Å². The van der Waals surface area contributed by atoms with Crippen LogP contribution in [0.15, 0.2) is 53.4 Å². The Morgan fingerprint density at radius 1 is 1.13 bits per heavy atom. The highest BCUT2D eigenvalue weighted by atomic mass is 32.2. The van der Waals surface area contributed by atoms with Gasteiger partial charge in [-0.15, -0.1) is 0 Å². The summed E-state index contributed by atoms with van der Waals surface area (Å²) in [7, 11) is -2.31. The van der Waals surface area contributed by atoms with Crippen LogP contribution in [0, 0.1) is 5.82 Å². The summed E-state index contributed by atoms with van der Waals surface area (Å²) in [5.41, 5.74) is 0.981. The lowest BCUT2D eigenvalue weighted by Gasteiger charge is -2.14. The molecule has 2 aromatic carbocycles. The standard InChI is InChI=1S/C16H17FN2O3S/c1-11(12-6-8-14(17)9-7-12)19-16(20)13-4-3-5-15(10-13)23(21,22)18-2/h3-11,18H,1-2H3,(H,19,20). The normalized spacial score (nSPS) is 12.7. The van der Waals surface area contributed by atoms with Crippen molar-refractivity contribution in [1.29, 1.82) is 0 Å². The molecule has 2 rings (SSSR count). The molecule has 0 heterocycles. The lowest BCUT2D eigenvalue weighted by Crippen LogP contribution is -2.27. The summed E-state index contributed by atoms with van der Waals surface area (Å²) in [5, 5.41) is 2.75. The molecular weight excluding hydrogens is 319 g/mol. The van der Waals surface area contributed by atoms with Crippen molar-refractivity contribution in [2.24, 2.45) is 0 Å². The van der Waals surface area contributed by atoms with Crippen molar-refractivity contribution >= 4 is 15.9 Å². The van der Waals surface area contributed by atoms with Gasteiger partial charge in [-0.2, -0.15) is 0 Å². The zero-order chi connectivity index (χ0) is 17.0. The molecule has 2 aromatic rings. The molecule has 1 amide bonds. The number of nitrogens with one attached hydrogen (secondary N) is 2. The van der Waals surface area contributed by atoms with E-state index in [2.05, 4.69) is 10.0 Å². The third-order valence-electron chi connectivity index (χ3n) is 3.39. The Bertz CT molecular complexity index is 804. The molecule has 2 N–H and O–H groups in total. The minimum Gasteiger partial charge on any atom is -0.346 e. The molecule has 0 aromatic heterocycles. The third kappa shape index (κ3) is 4.14. The summed E-state index contributed by atoms with van der Waals surface area (Å²) < 4.78 is 38.7. The van der Waals surface area contributed by atoms with Crippen LogP contribution >= 0.6 is 0 Å². The first-order valence-corrected chi connectivity index (χ1v) is 8.42. The summed E-state index contributed by atoms with van der Waals surface area (Å²) in [4.78, 5) is 12.3. The monoisotopic (exact) mass is 336 g/mol. The third-order valence-corrected chi connectivity index (χ3v) is 4.80. The predicted molar refractivity (Wildman–Crippen MR) is 85.0 cm³/mol. The second-order valence-corrected chi connectivity index (χ2v) is 6.87. The molecule has 0 saturated heterocycles. The van der Waals surface area contributed by atoms with E-state index < -0.39 is 15.9 Å². The predicted octanol–water partition coefficient (Wildman–Crippen LogP) is 2.22. The van der Waals surface area contributed by atoms with E-state index in [-0.39, 0.29) is 22.3 Å². The Balaban J connectivity index is 2.18. The Morgan fingerprint density at radius 3 is 2.39 bits per heavy atom. The fourth-order valence-electron chi connectivity index (χ4n) is 2.04. The van der Waals surface area contributed by atoms with E-state index in [1.165, 1.54) is 43.4 Å². The van der Waals surface area contributed by atoms with Crippen molar-refractivity contribution in [2.45, 2.75) is 17.9 Å². The molecule has 1 unspecified atom stereocenters. The van der Waals surface area contributed by atoms with Gasteiger partial charge in [-0.1, -0.05) is 18.2 Å². The number of halogens is 1. The second-order valence-electron chi connectivity index (χ2n) is 4.98. The molecular formula is C16H17FN2O3S. The van der Waals surface area contributed by atoms with Crippen LogP contribution in [0.1, 0.15) is 28.9 Å². The van der Waals surface area contributed by atoms with E-state index in [1.807, 2.05) is 0 Å². The van der Waals surface area contributed by atoms with Gasteiger partial charge in [0.1, 0.15) is 5.82 Å². The minimum atomic E-state index is -3.61. The van der Waals surface area contributed by atoms with E-state index in [0.717, 1.165) is 5.56 Å².